The molecular weight excluding hydrogens is 393 g/mol. The van der Waals surface area contributed by atoms with E-state index in [0.29, 0.717) is 15.3 Å². The van der Waals surface area contributed by atoms with E-state index in [1.54, 1.807) is 6.92 Å². The van der Waals surface area contributed by atoms with Crippen molar-refractivity contribution in [3.63, 3.8) is 0 Å². The second kappa shape index (κ2) is 5.68. The second-order valence-electron chi connectivity index (χ2n) is 3.78. The highest BCUT2D eigenvalue weighted by Gasteiger charge is 2.18. The number of oxazole rings is 3. The monoisotopic (exact) mass is 401 g/mol. The molecule has 0 saturated heterocycles. The molecule has 0 fully saturated rings. The van der Waals surface area contributed by atoms with Crippen molar-refractivity contribution in [2.45, 2.75) is 6.92 Å². The van der Waals surface area contributed by atoms with E-state index in [1.807, 2.05) is 22.6 Å². The summed E-state index contributed by atoms with van der Waals surface area (Å²) < 4.78 is 20.8. The van der Waals surface area contributed by atoms with Gasteiger partial charge in [0.05, 0.1) is 6.61 Å². The Morgan fingerprint density at radius 1 is 1.10 bits per heavy atom. The van der Waals surface area contributed by atoms with Crippen LogP contribution in [0, 0.1) is 3.90 Å². The highest BCUT2D eigenvalue weighted by Crippen LogP contribution is 2.24. The molecule has 0 bridgehead atoms. The summed E-state index contributed by atoms with van der Waals surface area (Å²) in [6.45, 7) is 1.97. The highest BCUT2D eigenvalue weighted by molar-refractivity contribution is 14.1. The first-order chi connectivity index (χ1) is 10.2. The minimum Gasteiger partial charge on any atom is -0.461 e. The summed E-state index contributed by atoms with van der Waals surface area (Å²) in [7, 11) is 0. The summed E-state index contributed by atoms with van der Waals surface area (Å²) in [5, 5.41) is 0. The van der Waals surface area contributed by atoms with Gasteiger partial charge in [0, 0.05) is 22.6 Å². The second-order valence-corrected chi connectivity index (χ2v) is 4.70. The van der Waals surface area contributed by atoms with Crippen molar-refractivity contribution < 1.29 is 22.8 Å². The predicted molar refractivity (Wildman–Crippen MR) is 76.2 cm³/mol. The van der Waals surface area contributed by atoms with Crippen LogP contribution in [0.3, 0.4) is 0 Å². The van der Waals surface area contributed by atoms with Crippen molar-refractivity contribution in [2.75, 3.05) is 6.61 Å². The van der Waals surface area contributed by atoms with E-state index < -0.39 is 5.97 Å². The van der Waals surface area contributed by atoms with Crippen LogP contribution >= 0.6 is 22.6 Å². The Hall–Kier alpha value is -2.17. The van der Waals surface area contributed by atoms with Crippen LogP contribution in [0.4, 0.5) is 0 Å². The summed E-state index contributed by atoms with van der Waals surface area (Å²) in [5.41, 5.74) is 0.883. The van der Waals surface area contributed by atoms with Crippen molar-refractivity contribution in [3.05, 3.63) is 28.4 Å². The average Bonchev–Trinajstić information content (AvgIpc) is 3.18. The average molecular weight is 401 g/mol. The molecule has 3 rings (SSSR count). The maximum Gasteiger partial charge on any atom is 0.360 e. The van der Waals surface area contributed by atoms with Crippen LogP contribution in [-0.4, -0.2) is 27.5 Å². The molecule has 108 valence electrons. The van der Waals surface area contributed by atoms with Crippen molar-refractivity contribution in [2.24, 2.45) is 0 Å². The van der Waals surface area contributed by atoms with Crippen molar-refractivity contribution in [1.82, 2.24) is 15.0 Å². The van der Waals surface area contributed by atoms with Gasteiger partial charge in [0.15, 0.2) is 17.1 Å². The van der Waals surface area contributed by atoms with Crippen LogP contribution in [-0.2, 0) is 4.74 Å². The Balaban J connectivity index is 1.85. The molecule has 0 atom stereocenters. The molecule has 9 heteroatoms. The summed E-state index contributed by atoms with van der Waals surface area (Å²) in [6, 6.07) is 0. The Morgan fingerprint density at radius 2 is 1.76 bits per heavy atom. The van der Waals surface area contributed by atoms with Gasteiger partial charge in [-0.25, -0.2) is 14.8 Å². The molecule has 0 spiro atoms. The van der Waals surface area contributed by atoms with Gasteiger partial charge >= 0.3 is 5.97 Å². The highest BCUT2D eigenvalue weighted by atomic mass is 127. The van der Waals surface area contributed by atoms with Gasteiger partial charge in [-0.2, -0.15) is 4.98 Å². The number of hydrogen-bond acceptors (Lipinski definition) is 8. The van der Waals surface area contributed by atoms with E-state index in [4.69, 9.17) is 18.0 Å². The summed E-state index contributed by atoms with van der Waals surface area (Å²) >= 11 is 1.93. The molecule has 8 nitrogen and oxygen atoms in total. The molecule has 0 aliphatic rings. The van der Waals surface area contributed by atoms with Gasteiger partial charge in [-0.3, -0.25) is 0 Å². The van der Waals surface area contributed by atoms with Gasteiger partial charge in [-0.1, -0.05) is 0 Å². The quantitative estimate of drug-likeness (QED) is 0.486. The lowest BCUT2D eigenvalue weighted by Gasteiger charge is -1.94. The van der Waals surface area contributed by atoms with Crippen LogP contribution in [0.25, 0.3) is 23.2 Å². The normalized spacial score (nSPS) is 10.8. The van der Waals surface area contributed by atoms with Gasteiger partial charge in [-0.15, -0.1) is 0 Å². The van der Waals surface area contributed by atoms with Crippen molar-refractivity contribution in [3.8, 4) is 23.2 Å². The lowest BCUT2D eigenvalue weighted by Crippen LogP contribution is -2.04. The standard InChI is InChI=1S/C12H8IN3O5/c1-2-18-11(17)8-5-20-9(15-8)6-3-19-10(14-6)7-4-21-12(13)16-7/h3-5H,2H2,1H3. The van der Waals surface area contributed by atoms with Crippen molar-refractivity contribution in [1.29, 1.82) is 0 Å². The predicted octanol–water partition coefficient (Wildman–Crippen LogP) is 2.77. The number of aromatic nitrogens is 3. The molecule has 21 heavy (non-hydrogen) atoms. The van der Waals surface area contributed by atoms with Crippen LogP contribution < -0.4 is 0 Å². The Labute approximate surface area is 131 Å². The number of carbonyl (C=O) groups is 1. The third-order valence-electron chi connectivity index (χ3n) is 2.41. The molecule has 0 aliphatic carbocycles. The number of ether oxygens (including phenoxy) is 1. The fourth-order valence-electron chi connectivity index (χ4n) is 1.53. The smallest absolute Gasteiger partial charge is 0.360 e. The van der Waals surface area contributed by atoms with E-state index in [1.165, 1.54) is 18.8 Å². The first-order valence-electron chi connectivity index (χ1n) is 5.87. The van der Waals surface area contributed by atoms with Gasteiger partial charge in [-0.05, 0) is 6.92 Å². The molecule has 0 saturated carbocycles. The molecule has 0 aromatic carbocycles. The van der Waals surface area contributed by atoms with Gasteiger partial charge in [0.25, 0.3) is 3.90 Å². The lowest BCUT2D eigenvalue weighted by molar-refractivity contribution is 0.0519. The Bertz CT molecular complexity index is 775. The summed E-state index contributed by atoms with van der Waals surface area (Å²) in [5.74, 6) is -0.124. The first kappa shape index (κ1) is 13.8. The Morgan fingerprint density at radius 3 is 2.48 bits per heavy atom. The third-order valence-corrected chi connectivity index (χ3v) is 2.90. The summed E-state index contributed by atoms with van der Waals surface area (Å²) in [4.78, 5) is 23.8. The molecule has 0 N–H and O–H groups in total. The van der Waals surface area contributed by atoms with Crippen molar-refractivity contribution >= 4 is 28.6 Å². The Kier molecular flexibility index (Phi) is 3.73. The number of nitrogens with zero attached hydrogens (tertiary/aromatic N) is 3. The zero-order valence-corrected chi connectivity index (χ0v) is 12.9. The van der Waals surface area contributed by atoms with E-state index in [9.17, 15) is 4.79 Å². The number of rotatable bonds is 4. The molecule has 3 heterocycles. The van der Waals surface area contributed by atoms with Crippen LogP contribution in [0.1, 0.15) is 17.4 Å². The minimum atomic E-state index is -0.553. The fourth-order valence-corrected chi connectivity index (χ4v) is 1.92. The molecular formula is C12H8IN3O5. The molecule has 0 unspecified atom stereocenters. The van der Waals surface area contributed by atoms with Gasteiger partial charge in [0.2, 0.25) is 11.8 Å². The first-order valence-corrected chi connectivity index (χ1v) is 6.95. The van der Waals surface area contributed by atoms with E-state index in [-0.39, 0.29) is 24.1 Å². The fraction of sp³-hybridized carbons (Fsp3) is 0.167. The summed E-state index contributed by atoms with van der Waals surface area (Å²) in [6.07, 6.45) is 4.00. The van der Waals surface area contributed by atoms with E-state index in [2.05, 4.69) is 15.0 Å². The van der Waals surface area contributed by atoms with Gasteiger partial charge in [0.1, 0.15) is 18.8 Å². The lowest BCUT2D eigenvalue weighted by atomic mass is 10.4. The van der Waals surface area contributed by atoms with E-state index >= 15 is 0 Å². The molecule has 3 aromatic rings. The zero-order chi connectivity index (χ0) is 14.8. The number of carbonyl (C=O) groups excluding carboxylic acids is 1. The molecule has 0 amide bonds. The van der Waals surface area contributed by atoms with Gasteiger partial charge < -0.3 is 18.0 Å². The van der Waals surface area contributed by atoms with E-state index in [0.717, 1.165) is 0 Å². The third kappa shape index (κ3) is 2.82. The molecule has 3 aromatic heterocycles. The number of esters is 1. The van der Waals surface area contributed by atoms with Crippen LogP contribution in [0.15, 0.2) is 32.0 Å². The zero-order valence-electron chi connectivity index (χ0n) is 10.7. The van der Waals surface area contributed by atoms with Crippen LogP contribution in [0.2, 0.25) is 0 Å². The number of hydrogen-bond donors (Lipinski definition) is 0. The topological polar surface area (TPSA) is 104 Å². The minimum absolute atomic E-state index is 0.0763. The van der Waals surface area contributed by atoms with Crippen LogP contribution in [0.5, 0.6) is 0 Å². The molecule has 0 radical (unpaired) electrons. The molecule has 0 aliphatic heterocycles. The SMILES string of the molecule is CCOC(=O)c1coc(-c2coc(-c3coc(I)n3)n2)n1. The maximum absolute atomic E-state index is 11.5. The largest absolute Gasteiger partial charge is 0.461 e. The number of halogens is 1. The maximum atomic E-state index is 11.5.